The fraction of sp³-hybridized carbons (Fsp3) is 0.333. The molecule has 0 amide bonds. The molecule has 0 N–H and O–H groups in total. The third-order valence-corrected chi connectivity index (χ3v) is 4.27. The minimum Gasteiger partial charge on any atom is -0.493 e. The summed E-state index contributed by atoms with van der Waals surface area (Å²) in [5.41, 5.74) is 1.49. The van der Waals surface area contributed by atoms with E-state index in [4.69, 9.17) is 18.9 Å². The summed E-state index contributed by atoms with van der Waals surface area (Å²) in [5, 5.41) is 2.61. The van der Waals surface area contributed by atoms with Crippen LogP contribution in [0.3, 0.4) is 0 Å². The molecule has 134 valence electrons. The second kappa shape index (κ2) is 9.19. The summed E-state index contributed by atoms with van der Waals surface area (Å²) >= 11 is 1.44. The molecule has 1 heterocycles. The Hall–Kier alpha value is -2.38. The van der Waals surface area contributed by atoms with Gasteiger partial charge < -0.3 is 18.9 Å². The molecular weight excluding hydrogens is 342 g/mol. The van der Waals surface area contributed by atoms with Crippen molar-refractivity contribution >= 4 is 17.3 Å². The Bertz CT molecular complexity index is 728. The number of hydrogen-bond acceptors (Lipinski definition) is 7. The van der Waals surface area contributed by atoms with E-state index in [2.05, 4.69) is 11.6 Å². The van der Waals surface area contributed by atoms with Gasteiger partial charge in [0.1, 0.15) is 11.6 Å². The van der Waals surface area contributed by atoms with Crippen LogP contribution in [0.1, 0.15) is 12.6 Å². The Kier molecular flexibility index (Phi) is 6.97. The maximum Gasteiger partial charge on any atom is 0.335 e. The topological polar surface area (TPSA) is 66.9 Å². The fourth-order valence-electron chi connectivity index (χ4n) is 2.10. The summed E-state index contributed by atoms with van der Waals surface area (Å²) in [5.74, 6) is 0.820. The van der Waals surface area contributed by atoms with Gasteiger partial charge in [0, 0.05) is 5.38 Å². The van der Waals surface area contributed by atoms with Gasteiger partial charge in [0.15, 0.2) is 17.6 Å². The summed E-state index contributed by atoms with van der Waals surface area (Å²) in [6, 6.07) is 5.60. The van der Waals surface area contributed by atoms with Gasteiger partial charge >= 0.3 is 5.97 Å². The Labute approximate surface area is 151 Å². The van der Waals surface area contributed by atoms with Crippen molar-refractivity contribution in [2.75, 3.05) is 20.8 Å². The lowest BCUT2D eigenvalue weighted by atomic mass is 10.2. The molecule has 7 heteroatoms. The average Bonchev–Trinajstić information content (AvgIpc) is 3.12. The third-order valence-electron chi connectivity index (χ3n) is 3.34. The molecule has 1 atom stereocenters. The fourth-order valence-corrected chi connectivity index (χ4v) is 2.92. The van der Waals surface area contributed by atoms with E-state index >= 15 is 0 Å². The molecule has 0 spiro atoms. The van der Waals surface area contributed by atoms with E-state index in [0.717, 1.165) is 10.6 Å². The predicted octanol–water partition coefficient (Wildman–Crippen LogP) is 3.46. The molecule has 1 aromatic heterocycles. The predicted molar refractivity (Wildman–Crippen MR) is 96.1 cm³/mol. The Balaban J connectivity index is 2.06. The second-order valence-electron chi connectivity index (χ2n) is 5.06. The molecule has 0 radical (unpaired) electrons. The number of thiazole rings is 1. The number of esters is 1. The monoisotopic (exact) mass is 363 g/mol. The maximum atomic E-state index is 11.8. The quantitative estimate of drug-likeness (QED) is 0.502. The molecule has 1 aromatic carbocycles. The molecule has 0 aliphatic rings. The van der Waals surface area contributed by atoms with Gasteiger partial charge in [0.25, 0.3) is 0 Å². The smallest absolute Gasteiger partial charge is 0.335 e. The van der Waals surface area contributed by atoms with E-state index in [1.165, 1.54) is 11.3 Å². The molecule has 0 bridgehead atoms. The van der Waals surface area contributed by atoms with E-state index in [-0.39, 0.29) is 6.61 Å². The summed E-state index contributed by atoms with van der Waals surface area (Å²) in [7, 11) is 3.17. The largest absolute Gasteiger partial charge is 0.493 e. The van der Waals surface area contributed by atoms with E-state index < -0.39 is 12.1 Å². The summed E-state index contributed by atoms with van der Waals surface area (Å²) in [6.07, 6.45) is 0.937. The minimum absolute atomic E-state index is 0.0867. The number of para-hydroxylation sites is 1. The van der Waals surface area contributed by atoms with Crippen LogP contribution in [0, 0.1) is 0 Å². The van der Waals surface area contributed by atoms with Crippen LogP contribution in [-0.4, -0.2) is 37.9 Å². The minimum atomic E-state index is -0.644. The van der Waals surface area contributed by atoms with Crippen molar-refractivity contribution in [1.29, 1.82) is 0 Å². The van der Waals surface area contributed by atoms with Gasteiger partial charge in [-0.15, -0.1) is 17.9 Å². The molecule has 1 unspecified atom stereocenters. The Morgan fingerprint density at radius 1 is 1.36 bits per heavy atom. The van der Waals surface area contributed by atoms with Crippen molar-refractivity contribution in [1.82, 2.24) is 4.98 Å². The highest BCUT2D eigenvalue weighted by Crippen LogP contribution is 2.38. The highest BCUT2D eigenvalue weighted by molar-refractivity contribution is 7.13. The summed E-state index contributed by atoms with van der Waals surface area (Å²) in [6.45, 7) is 5.56. The molecule has 0 aliphatic heterocycles. The number of hydrogen-bond donors (Lipinski definition) is 0. The number of benzene rings is 1. The SMILES string of the molecule is C=CCOC(C)C(=O)OCc1csc(-c2cccc(OC)c2OC)n1. The maximum absolute atomic E-state index is 11.8. The number of ether oxygens (including phenoxy) is 4. The molecule has 6 nitrogen and oxygen atoms in total. The van der Waals surface area contributed by atoms with Crippen molar-refractivity contribution in [2.45, 2.75) is 19.6 Å². The number of nitrogens with zero attached hydrogens (tertiary/aromatic N) is 1. The van der Waals surface area contributed by atoms with Crippen molar-refractivity contribution in [3.05, 3.63) is 41.9 Å². The number of carbonyl (C=O) groups excluding carboxylic acids is 1. The molecule has 25 heavy (non-hydrogen) atoms. The van der Waals surface area contributed by atoms with Gasteiger partial charge in [0.2, 0.25) is 0 Å². The third kappa shape index (κ3) is 4.80. The number of rotatable bonds is 9. The zero-order valence-corrected chi connectivity index (χ0v) is 15.3. The summed E-state index contributed by atoms with van der Waals surface area (Å²) < 4.78 is 21.2. The van der Waals surface area contributed by atoms with E-state index in [9.17, 15) is 4.79 Å². The van der Waals surface area contributed by atoms with Gasteiger partial charge in [-0.25, -0.2) is 9.78 Å². The normalized spacial score (nSPS) is 11.6. The van der Waals surface area contributed by atoms with Gasteiger partial charge in [-0.2, -0.15) is 0 Å². The van der Waals surface area contributed by atoms with Crippen LogP contribution in [0.4, 0.5) is 0 Å². The number of aromatic nitrogens is 1. The number of methoxy groups -OCH3 is 2. The first kappa shape index (κ1) is 19.0. The molecule has 2 rings (SSSR count). The van der Waals surface area contributed by atoms with Crippen molar-refractivity contribution in [3.63, 3.8) is 0 Å². The molecule has 0 aliphatic carbocycles. The second-order valence-corrected chi connectivity index (χ2v) is 5.92. The van der Waals surface area contributed by atoms with Crippen LogP contribution in [0.5, 0.6) is 11.5 Å². The van der Waals surface area contributed by atoms with Gasteiger partial charge in [-0.05, 0) is 19.1 Å². The van der Waals surface area contributed by atoms with E-state index in [1.54, 1.807) is 27.2 Å². The Morgan fingerprint density at radius 2 is 2.16 bits per heavy atom. The molecule has 0 saturated heterocycles. The first-order chi connectivity index (χ1) is 12.1. The van der Waals surface area contributed by atoms with Crippen LogP contribution >= 0.6 is 11.3 Å². The lowest BCUT2D eigenvalue weighted by Crippen LogP contribution is -2.23. The van der Waals surface area contributed by atoms with Crippen LogP contribution < -0.4 is 9.47 Å². The van der Waals surface area contributed by atoms with Crippen LogP contribution in [0.15, 0.2) is 36.2 Å². The first-order valence-corrected chi connectivity index (χ1v) is 8.53. The summed E-state index contributed by atoms with van der Waals surface area (Å²) in [4.78, 5) is 16.3. The van der Waals surface area contributed by atoms with Crippen LogP contribution in [0.25, 0.3) is 10.6 Å². The molecule has 0 saturated carbocycles. The standard InChI is InChI=1S/C18H21NO5S/c1-5-9-23-12(2)18(20)24-10-13-11-25-17(19-13)14-7-6-8-15(21-3)16(14)22-4/h5-8,11-12H,1,9-10H2,2-4H3. The lowest BCUT2D eigenvalue weighted by molar-refractivity contribution is -0.156. The van der Waals surface area contributed by atoms with Crippen LogP contribution in [0.2, 0.25) is 0 Å². The van der Waals surface area contributed by atoms with Crippen molar-refractivity contribution in [3.8, 4) is 22.1 Å². The lowest BCUT2D eigenvalue weighted by Gasteiger charge is -2.11. The van der Waals surface area contributed by atoms with Gasteiger partial charge in [-0.3, -0.25) is 0 Å². The van der Waals surface area contributed by atoms with Crippen molar-refractivity contribution in [2.24, 2.45) is 0 Å². The van der Waals surface area contributed by atoms with E-state index in [0.29, 0.717) is 23.8 Å². The Morgan fingerprint density at radius 3 is 2.84 bits per heavy atom. The highest BCUT2D eigenvalue weighted by Gasteiger charge is 2.17. The zero-order chi connectivity index (χ0) is 18.2. The van der Waals surface area contributed by atoms with E-state index in [1.807, 2.05) is 23.6 Å². The first-order valence-electron chi connectivity index (χ1n) is 7.65. The van der Waals surface area contributed by atoms with Crippen LogP contribution in [-0.2, 0) is 20.9 Å². The van der Waals surface area contributed by atoms with Crippen molar-refractivity contribution < 1.29 is 23.7 Å². The highest BCUT2D eigenvalue weighted by atomic mass is 32.1. The zero-order valence-electron chi connectivity index (χ0n) is 14.5. The molecule has 2 aromatic rings. The van der Waals surface area contributed by atoms with Gasteiger partial charge in [-0.1, -0.05) is 12.1 Å². The number of carbonyl (C=O) groups is 1. The average molecular weight is 363 g/mol. The van der Waals surface area contributed by atoms with Gasteiger partial charge in [0.05, 0.1) is 32.1 Å². The molecule has 0 fully saturated rings. The molecular formula is C18H21NO5S.